The number of hydrogen-bond acceptors (Lipinski definition) is 4. The van der Waals surface area contributed by atoms with Crippen LogP contribution in [0.1, 0.15) is 49.8 Å². The quantitative estimate of drug-likeness (QED) is 0.612. The normalized spacial score (nSPS) is 18.0. The molecule has 5 heteroatoms. The van der Waals surface area contributed by atoms with Crippen molar-refractivity contribution in [2.75, 3.05) is 26.4 Å². The van der Waals surface area contributed by atoms with E-state index in [-0.39, 0.29) is 11.7 Å². The molecule has 1 aromatic carbocycles. The van der Waals surface area contributed by atoms with Crippen LogP contribution in [0.25, 0.3) is 11.3 Å². The molecule has 1 fully saturated rings. The molecule has 1 unspecified atom stereocenters. The second-order valence-electron chi connectivity index (χ2n) is 8.26. The van der Waals surface area contributed by atoms with Crippen molar-refractivity contribution in [2.24, 2.45) is 0 Å². The lowest BCUT2D eigenvalue weighted by molar-refractivity contribution is -0.101. The molecule has 1 atom stereocenters. The number of hydrogen-bond donors (Lipinski definition) is 0. The third kappa shape index (κ3) is 4.47. The molecule has 0 aliphatic carbocycles. The van der Waals surface area contributed by atoms with Crippen molar-refractivity contribution in [2.45, 2.75) is 65.0 Å². The van der Waals surface area contributed by atoms with E-state index in [0.717, 1.165) is 37.1 Å². The fraction of sp³-hybridized carbons (Fsp3) is 0.560. The summed E-state index contributed by atoms with van der Waals surface area (Å²) in [7, 11) is 0. The summed E-state index contributed by atoms with van der Waals surface area (Å²) in [6.07, 6.45) is 6.50. The van der Waals surface area contributed by atoms with Crippen molar-refractivity contribution >= 4 is 0 Å². The summed E-state index contributed by atoms with van der Waals surface area (Å²) in [5.41, 5.74) is 6.07. The van der Waals surface area contributed by atoms with Crippen LogP contribution >= 0.6 is 0 Å². The predicted octanol–water partition coefficient (Wildman–Crippen LogP) is 4.16. The smallest absolute Gasteiger partial charge is 0.254 e. The molecule has 0 spiro atoms. The van der Waals surface area contributed by atoms with Crippen molar-refractivity contribution in [3.05, 3.63) is 51.3 Å². The average Bonchev–Trinajstić information content (AvgIpc) is 2.78. The number of pyridine rings is 1. The standard InChI is InChI=1S/C25H33NO4/c1-3-5-6-7-18-8-9-22-19(14-18)10-11-26-24(27)15-23(21(4-2)25(22)26)30-17-20-16-28-12-13-29-20/h8-9,14-15,20H,3-7,10-13,16-17H2,1-2H3. The number of rotatable bonds is 8. The molecule has 3 heterocycles. The lowest BCUT2D eigenvalue weighted by Crippen LogP contribution is -2.34. The van der Waals surface area contributed by atoms with Crippen LogP contribution in [0.15, 0.2) is 29.1 Å². The lowest BCUT2D eigenvalue weighted by Gasteiger charge is -2.27. The lowest BCUT2D eigenvalue weighted by atomic mass is 9.90. The van der Waals surface area contributed by atoms with Crippen LogP contribution in [-0.2, 0) is 35.3 Å². The zero-order valence-corrected chi connectivity index (χ0v) is 18.2. The van der Waals surface area contributed by atoms with Gasteiger partial charge in [-0.3, -0.25) is 4.79 Å². The van der Waals surface area contributed by atoms with Gasteiger partial charge in [-0.2, -0.15) is 0 Å². The second-order valence-corrected chi connectivity index (χ2v) is 8.26. The summed E-state index contributed by atoms with van der Waals surface area (Å²) in [5.74, 6) is 0.683. The van der Waals surface area contributed by atoms with Crippen LogP contribution in [-0.4, -0.2) is 37.1 Å². The van der Waals surface area contributed by atoms with Gasteiger partial charge in [0, 0.05) is 23.7 Å². The molecular weight excluding hydrogens is 378 g/mol. The molecule has 30 heavy (non-hydrogen) atoms. The molecule has 0 amide bonds. The minimum Gasteiger partial charge on any atom is -0.490 e. The Morgan fingerprint density at radius 2 is 2.07 bits per heavy atom. The third-order valence-corrected chi connectivity index (χ3v) is 6.14. The largest absolute Gasteiger partial charge is 0.490 e. The maximum Gasteiger partial charge on any atom is 0.254 e. The van der Waals surface area contributed by atoms with Crippen molar-refractivity contribution < 1.29 is 14.2 Å². The molecule has 2 aliphatic rings. The van der Waals surface area contributed by atoms with E-state index in [1.54, 1.807) is 6.07 Å². The van der Waals surface area contributed by atoms with Gasteiger partial charge in [0.05, 0.1) is 25.5 Å². The van der Waals surface area contributed by atoms with Gasteiger partial charge >= 0.3 is 0 Å². The fourth-order valence-electron chi connectivity index (χ4n) is 4.53. The number of fused-ring (bicyclic) bond motifs is 3. The Bertz CT molecular complexity index is 927. The van der Waals surface area contributed by atoms with Crippen LogP contribution in [0.5, 0.6) is 5.75 Å². The summed E-state index contributed by atoms with van der Waals surface area (Å²) in [5, 5.41) is 0. The number of nitrogens with zero attached hydrogens (tertiary/aromatic N) is 1. The molecule has 0 radical (unpaired) electrons. The third-order valence-electron chi connectivity index (χ3n) is 6.14. The van der Waals surface area contributed by atoms with E-state index in [2.05, 4.69) is 32.0 Å². The summed E-state index contributed by atoms with van der Waals surface area (Å²) in [6, 6.07) is 8.44. The van der Waals surface area contributed by atoms with Crippen LogP contribution < -0.4 is 10.3 Å². The molecule has 0 saturated carbocycles. The highest BCUT2D eigenvalue weighted by Gasteiger charge is 2.24. The summed E-state index contributed by atoms with van der Waals surface area (Å²) in [4.78, 5) is 12.9. The molecule has 2 aromatic rings. The Labute approximate surface area is 179 Å². The summed E-state index contributed by atoms with van der Waals surface area (Å²) < 4.78 is 19.2. The van der Waals surface area contributed by atoms with E-state index < -0.39 is 0 Å². The molecular formula is C25H33NO4. The highest BCUT2D eigenvalue weighted by Crippen LogP contribution is 2.36. The highest BCUT2D eigenvalue weighted by atomic mass is 16.6. The first-order chi connectivity index (χ1) is 14.7. The number of aryl methyl sites for hydroxylation is 2. The first-order valence-electron chi connectivity index (χ1n) is 11.4. The maximum absolute atomic E-state index is 12.9. The predicted molar refractivity (Wildman–Crippen MR) is 119 cm³/mol. The fourth-order valence-corrected chi connectivity index (χ4v) is 4.53. The summed E-state index contributed by atoms with van der Waals surface area (Å²) >= 11 is 0. The van der Waals surface area contributed by atoms with Crippen molar-refractivity contribution in [1.29, 1.82) is 0 Å². The Morgan fingerprint density at radius 3 is 2.83 bits per heavy atom. The van der Waals surface area contributed by atoms with Gasteiger partial charge in [0.25, 0.3) is 5.56 Å². The number of benzene rings is 1. The topological polar surface area (TPSA) is 49.7 Å². The van der Waals surface area contributed by atoms with E-state index in [9.17, 15) is 4.79 Å². The van der Waals surface area contributed by atoms with E-state index in [0.29, 0.717) is 32.2 Å². The molecule has 162 valence electrons. The van der Waals surface area contributed by atoms with Gasteiger partial charge in [0.15, 0.2) is 0 Å². The van der Waals surface area contributed by atoms with Gasteiger partial charge in [-0.25, -0.2) is 0 Å². The van der Waals surface area contributed by atoms with Crippen molar-refractivity contribution in [3.8, 4) is 17.0 Å². The van der Waals surface area contributed by atoms with E-state index in [4.69, 9.17) is 14.2 Å². The first-order valence-corrected chi connectivity index (χ1v) is 11.4. The van der Waals surface area contributed by atoms with Crippen LogP contribution in [0.2, 0.25) is 0 Å². The van der Waals surface area contributed by atoms with Gasteiger partial charge in [-0.15, -0.1) is 0 Å². The average molecular weight is 412 g/mol. The van der Waals surface area contributed by atoms with Crippen LogP contribution in [0.4, 0.5) is 0 Å². The number of ether oxygens (including phenoxy) is 3. The van der Waals surface area contributed by atoms with Gasteiger partial charge in [-0.05, 0) is 36.8 Å². The minimum absolute atomic E-state index is 0.00989. The first kappa shape index (κ1) is 21.1. The molecule has 5 nitrogen and oxygen atoms in total. The van der Waals surface area contributed by atoms with E-state index >= 15 is 0 Å². The second kappa shape index (κ2) is 9.80. The van der Waals surface area contributed by atoms with Gasteiger partial charge in [0.2, 0.25) is 0 Å². The molecule has 1 aromatic heterocycles. The van der Waals surface area contributed by atoms with E-state index in [1.165, 1.54) is 36.0 Å². The Hall–Kier alpha value is -2.11. The van der Waals surface area contributed by atoms with Gasteiger partial charge < -0.3 is 18.8 Å². The van der Waals surface area contributed by atoms with Crippen LogP contribution in [0.3, 0.4) is 0 Å². The molecule has 0 N–H and O–H groups in total. The van der Waals surface area contributed by atoms with Gasteiger partial charge in [-0.1, -0.05) is 44.9 Å². The minimum atomic E-state index is -0.0831. The number of unbranched alkanes of at least 4 members (excludes halogenated alkanes) is 2. The number of aromatic nitrogens is 1. The molecule has 1 saturated heterocycles. The summed E-state index contributed by atoms with van der Waals surface area (Å²) in [6.45, 7) is 7.26. The maximum atomic E-state index is 12.9. The molecule has 2 aliphatic heterocycles. The molecule has 4 rings (SSSR count). The monoisotopic (exact) mass is 411 g/mol. The van der Waals surface area contributed by atoms with Crippen molar-refractivity contribution in [1.82, 2.24) is 4.57 Å². The Morgan fingerprint density at radius 1 is 1.17 bits per heavy atom. The SMILES string of the molecule is CCCCCc1ccc2c(c1)CCn1c-2c(CC)c(OCC2COCCO2)cc1=O. The van der Waals surface area contributed by atoms with Crippen molar-refractivity contribution in [3.63, 3.8) is 0 Å². The van der Waals surface area contributed by atoms with Crippen LogP contribution in [0, 0.1) is 0 Å². The van der Waals surface area contributed by atoms with E-state index in [1.807, 2.05) is 4.57 Å². The Balaban J connectivity index is 1.64. The zero-order valence-electron chi connectivity index (χ0n) is 18.2. The highest BCUT2D eigenvalue weighted by molar-refractivity contribution is 5.71. The zero-order chi connectivity index (χ0) is 20.9. The molecule has 0 bridgehead atoms. The van der Waals surface area contributed by atoms with Gasteiger partial charge in [0.1, 0.15) is 18.5 Å². The Kier molecular flexibility index (Phi) is 6.90.